The molecule has 1 atom stereocenters. The second kappa shape index (κ2) is 17.2. The Morgan fingerprint density at radius 3 is 1.89 bits per heavy atom. The van der Waals surface area contributed by atoms with Gasteiger partial charge >= 0.3 is 18.3 Å². The van der Waals surface area contributed by atoms with Gasteiger partial charge in [0.15, 0.2) is 5.01 Å². The molecule has 1 unspecified atom stereocenters. The number of nitrogens with zero attached hydrogens (tertiary/aromatic N) is 2. The molecular formula is C34H41N5O7S. The minimum Gasteiger partial charge on any atom is -0.444 e. The number of amides is 3. The van der Waals surface area contributed by atoms with Crippen molar-refractivity contribution in [3.05, 3.63) is 88.4 Å². The Balaban J connectivity index is 1.37. The summed E-state index contributed by atoms with van der Waals surface area (Å²) < 4.78 is 16.1. The number of alkyl carbamates (subject to hydrolysis) is 3. The van der Waals surface area contributed by atoms with Crippen molar-refractivity contribution in [1.29, 1.82) is 0 Å². The maximum absolute atomic E-state index is 13.2. The van der Waals surface area contributed by atoms with Crippen LogP contribution in [0.5, 0.6) is 0 Å². The van der Waals surface area contributed by atoms with Gasteiger partial charge in [-0.2, -0.15) is 0 Å². The number of Topliss-reactive ketones (excluding diaryl/α,β-unsaturated/α-hetero) is 1. The fourth-order valence-electron chi connectivity index (χ4n) is 5.01. The van der Waals surface area contributed by atoms with Gasteiger partial charge in [-0.1, -0.05) is 60.7 Å². The quantitative estimate of drug-likeness (QED) is 0.0977. The Hall–Kier alpha value is -4.78. The zero-order valence-electron chi connectivity index (χ0n) is 26.8. The van der Waals surface area contributed by atoms with Crippen LogP contribution in [0.4, 0.5) is 14.4 Å². The molecule has 0 radical (unpaired) electrons. The summed E-state index contributed by atoms with van der Waals surface area (Å²) in [6, 6.07) is 17.4. The largest absolute Gasteiger partial charge is 0.444 e. The first-order valence-corrected chi connectivity index (χ1v) is 16.4. The lowest BCUT2D eigenvalue weighted by atomic mass is 9.82. The second-order valence-corrected chi connectivity index (χ2v) is 13.1. The summed E-state index contributed by atoms with van der Waals surface area (Å²) in [5, 5.41) is 9.88. The van der Waals surface area contributed by atoms with Crippen molar-refractivity contribution in [2.75, 3.05) is 0 Å². The fraction of sp³-hybridized carbons (Fsp3) is 0.412. The minimum absolute atomic E-state index is 0.0434. The zero-order chi connectivity index (χ0) is 33.6. The molecule has 47 heavy (non-hydrogen) atoms. The molecule has 2 aromatic carbocycles. The number of rotatable bonds is 10. The predicted molar refractivity (Wildman–Crippen MR) is 177 cm³/mol. The van der Waals surface area contributed by atoms with Crippen LogP contribution in [-0.4, -0.2) is 52.7 Å². The summed E-state index contributed by atoms with van der Waals surface area (Å²) in [7, 11) is 0. The highest BCUT2D eigenvalue weighted by molar-refractivity contribution is 7.11. The van der Waals surface area contributed by atoms with Gasteiger partial charge in [-0.05, 0) is 69.9 Å². The number of hydrogen-bond acceptors (Lipinski definition) is 10. The molecular weight excluding hydrogens is 622 g/mol. The minimum atomic E-state index is -0.793. The predicted octanol–water partition coefficient (Wildman–Crippen LogP) is 6.38. The maximum Gasteiger partial charge on any atom is 0.414 e. The monoisotopic (exact) mass is 663 g/mol. The molecule has 0 bridgehead atoms. The summed E-state index contributed by atoms with van der Waals surface area (Å²) in [5.74, 6) is -0.223. The number of hydrogen-bond donors (Lipinski definition) is 3. The molecule has 13 heteroatoms. The van der Waals surface area contributed by atoms with Crippen LogP contribution in [0.3, 0.4) is 0 Å². The van der Waals surface area contributed by atoms with Gasteiger partial charge in [-0.15, -0.1) is 11.3 Å². The molecule has 3 aromatic rings. The number of benzene rings is 2. The number of carbonyl (C=O) groups excluding carboxylic acids is 4. The van der Waals surface area contributed by atoms with E-state index in [1.165, 1.54) is 11.3 Å². The molecule has 250 valence electrons. The van der Waals surface area contributed by atoms with Gasteiger partial charge in [0.05, 0.1) is 12.1 Å². The van der Waals surface area contributed by atoms with E-state index in [9.17, 15) is 19.2 Å². The summed E-state index contributed by atoms with van der Waals surface area (Å²) in [6.07, 6.45) is 2.41. The first kappa shape index (κ1) is 35.1. The SMILES string of the molecule is CC(C)(C)OC(=O)NC(CC1CCC(N=C(NC(=O)OCc2ccccc2)NC(=O)OCc2ccccc2)CC1)C(=O)c1nccs1. The fourth-order valence-corrected chi connectivity index (χ4v) is 5.64. The summed E-state index contributed by atoms with van der Waals surface area (Å²) in [4.78, 5) is 59.9. The van der Waals surface area contributed by atoms with Crippen LogP contribution in [0.2, 0.25) is 0 Å². The van der Waals surface area contributed by atoms with Crippen LogP contribution in [0.1, 0.15) is 73.8 Å². The maximum atomic E-state index is 13.2. The summed E-state index contributed by atoms with van der Waals surface area (Å²) >= 11 is 1.22. The summed E-state index contributed by atoms with van der Waals surface area (Å²) in [5.41, 5.74) is 0.904. The average molecular weight is 664 g/mol. The number of aliphatic imine (C=N–C) groups is 1. The molecule has 0 spiro atoms. The van der Waals surface area contributed by atoms with Crippen molar-refractivity contribution in [3.63, 3.8) is 0 Å². The Morgan fingerprint density at radius 1 is 0.851 bits per heavy atom. The Kier molecular flexibility index (Phi) is 12.9. The van der Waals surface area contributed by atoms with Crippen LogP contribution in [0, 0.1) is 5.92 Å². The molecule has 12 nitrogen and oxygen atoms in total. The molecule has 1 aliphatic rings. The zero-order valence-corrected chi connectivity index (χ0v) is 27.6. The van der Waals surface area contributed by atoms with Gasteiger partial charge in [0, 0.05) is 11.6 Å². The molecule has 4 rings (SSSR count). The first-order valence-electron chi connectivity index (χ1n) is 15.5. The average Bonchev–Trinajstić information content (AvgIpc) is 3.58. The lowest BCUT2D eigenvalue weighted by Gasteiger charge is -2.30. The standard InChI is InChI=1S/C34H41N5O7S/c1-34(2,3)46-33(43)37-27(28(40)29-35-18-19-47-29)20-23-14-16-26(17-15-23)36-30(38-31(41)44-21-24-10-6-4-7-11-24)39-32(42)45-22-25-12-8-5-9-13-25/h4-13,18-19,23,26-27H,14-17,20-22H2,1-3H3,(H,37,43)(H2,36,38,39,41,42). The van der Waals surface area contributed by atoms with Gasteiger partial charge < -0.3 is 19.5 Å². The van der Waals surface area contributed by atoms with E-state index in [0.717, 1.165) is 11.1 Å². The highest BCUT2D eigenvalue weighted by Gasteiger charge is 2.31. The molecule has 1 heterocycles. The molecule has 1 aromatic heterocycles. The van der Waals surface area contributed by atoms with Crippen molar-refractivity contribution in [2.24, 2.45) is 10.9 Å². The normalized spacial score (nSPS) is 16.6. The van der Waals surface area contributed by atoms with Gasteiger partial charge in [0.25, 0.3) is 0 Å². The summed E-state index contributed by atoms with van der Waals surface area (Å²) in [6.45, 7) is 5.37. The highest BCUT2D eigenvalue weighted by atomic mass is 32.1. The number of guanidine groups is 1. The number of ketones is 1. The number of ether oxygens (including phenoxy) is 3. The molecule has 0 aliphatic heterocycles. The van der Waals surface area contributed by atoms with Gasteiger partial charge in [0.2, 0.25) is 11.7 Å². The van der Waals surface area contributed by atoms with E-state index in [1.54, 1.807) is 32.3 Å². The van der Waals surface area contributed by atoms with E-state index < -0.39 is 29.9 Å². The van der Waals surface area contributed by atoms with Crippen molar-refractivity contribution < 1.29 is 33.4 Å². The smallest absolute Gasteiger partial charge is 0.414 e. The van der Waals surface area contributed by atoms with Gasteiger partial charge in [-0.25, -0.2) is 24.4 Å². The number of carbonyl (C=O) groups is 4. The molecule has 1 saturated carbocycles. The lowest BCUT2D eigenvalue weighted by molar-refractivity contribution is 0.0480. The third-order valence-electron chi connectivity index (χ3n) is 7.21. The molecule has 1 fully saturated rings. The first-order chi connectivity index (χ1) is 22.5. The third kappa shape index (κ3) is 12.5. The topological polar surface area (TPSA) is 157 Å². The Morgan fingerprint density at radius 2 is 1.40 bits per heavy atom. The van der Waals surface area contributed by atoms with Gasteiger partial charge in [-0.3, -0.25) is 15.4 Å². The second-order valence-electron chi connectivity index (χ2n) is 12.2. The molecule has 1 aliphatic carbocycles. The molecule has 3 N–H and O–H groups in total. The van der Waals surface area contributed by atoms with E-state index in [-0.39, 0.29) is 36.9 Å². The number of nitrogens with one attached hydrogen (secondary N) is 3. The van der Waals surface area contributed by atoms with Gasteiger partial charge in [0.1, 0.15) is 18.8 Å². The van der Waals surface area contributed by atoms with Crippen LogP contribution >= 0.6 is 11.3 Å². The van der Waals surface area contributed by atoms with Crippen LogP contribution in [-0.2, 0) is 27.4 Å². The number of thiazole rings is 1. The van der Waals surface area contributed by atoms with E-state index in [4.69, 9.17) is 14.2 Å². The van der Waals surface area contributed by atoms with Crippen LogP contribution in [0.15, 0.2) is 77.2 Å². The van der Waals surface area contributed by atoms with Crippen molar-refractivity contribution >= 4 is 41.4 Å². The van der Waals surface area contributed by atoms with Crippen molar-refractivity contribution in [2.45, 2.75) is 83.8 Å². The van der Waals surface area contributed by atoms with Crippen LogP contribution in [0.25, 0.3) is 0 Å². The molecule has 0 saturated heterocycles. The van der Waals surface area contributed by atoms with Crippen LogP contribution < -0.4 is 16.0 Å². The third-order valence-corrected chi connectivity index (χ3v) is 8.00. The van der Waals surface area contributed by atoms with Crippen molar-refractivity contribution in [3.8, 4) is 0 Å². The van der Waals surface area contributed by atoms with E-state index in [0.29, 0.717) is 37.1 Å². The lowest BCUT2D eigenvalue weighted by Crippen LogP contribution is -2.45. The van der Waals surface area contributed by atoms with E-state index >= 15 is 0 Å². The number of aromatic nitrogens is 1. The van der Waals surface area contributed by atoms with E-state index in [1.807, 2.05) is 60.7 Å². The Labute approximate surface area is 278 Å². The highest BCUT2D eigenvalue weighted by Crippen LogP contribution is 2.30. The van der Waals surface area contributed by atoms with E-state index in [2.05, 4.69) is 25.9 Å². The molecule has 3 amide bonds. The van der Waals surface area contributed by atoms with Crippen molar-refractivity contribution in [1.82, 2.24) is 20.9 Å². The Bertz CT molecular complexity index is 1430.